The summed E-state index contributed by atoms with van der Waals surface area (Å²) in [6.07, 6.45) is 0. The van der Waals surface area contributed by atoms with Crippen molar-refractivity contribution in [1.82, 2.24) is 9.78 Å². The third kappa shape index (κ3) is 3.95. The average Bonchev–Trinajstić information content (AvgIpc) is 2.69. The highest BCUT2D eigenvalue weighted by atomic mass is 16.5. The van der Waals surface area contributed by atoms with E-state index >= 15 is 0 Å². The number of nitrogens with zero attached hydrogens (tertiary/aromatic N) is 2. The van der Waals surface area contributed by atoms with Crippen molar-refractivity contribution >= 4 is 28.3 Å². The monoisotopic (exact) mass is 367 g/mol. The number of rotatable bonds is 5. The van der Waals surface area contributed by atoms with Crippen LogP contribution in [0.1, 0.15) is 10.5 Å². The van der Waals surface area contributed by atoms with Crippen LogP contribution in [0, 0.1) is 0 Å². The van der Waals surface area contributed by atoms with Crippen molar-refractivity contribution in [3.63, 3.8) is 0 Å². The molecule has 0 radical (unpaired) electrons. The van der Waals surface area contributed by atoms with Gasteiger partial charge in [0.25, 0.3) is 11.5 Å². The SMILES string of the molecule is COc1cccc(NC(=O)COC(=O)c2nn(C)c(=O)c3ccccc23)c1. The summed E-state index contributed by atoms with van der Waals surface area (Å²) in [6.45, 7) is -0.491. The van der Waals surface area contributed by atoms with Crippen LogP contribution in [0.5, 0.6) is 5.75 Å². The van der Waals surface area contributed by atoms with Crippen LogP contribution in [0.25, 0.3) is 10.8 Å². The zero-order chi connectivity index (χ0) is 19.4. The highest BCUT2D eigenvalue weighted by Crippen LogP contribution is 2.17. The normalized spacial score (nSPS) is 10.4. The lowest BCUT2D eigenvalue weighted by Crippen LogP contribution is -2.26. The summed E-state index contributed by atoms with van der Waals surface area (Å²) < 4.78 is 11.2. The molecular formula is C19H17N3O5. The van der Waals surface area contributed by atoms with Gasteiger partial charge in [0, 0.05) is 24.2 Å². The third-order valence-corrected chi connectivity index (χ3v) is 3.84. The van der Waals surface area contributed by atoms with Gasteiger partial charge in [0.2, 0.25) is 0 Å². The molecule has 0 aliphatic carbocycles. The zero-order valence-corrected chi connectivity index (χ0v) is 14.8. The lowest BCUT2D eigenvalue weighted by Gasteiger charge is -2.09. The summed E-state index contributed by atoms with van der Waals surface area (Å²) in [6, 6.07) is 13.4. The van der Waals surface area contributed by atoms with Gasteiger partial charge in [-0.05, 0) is 18.2 Å². The van der Waals surface area contributed by atoms with E-state index in [9.17, 15) is 14.4 Å². The van der Waals surface area contributed by atoms with Crippen LogP contribution in [-0.2, 0) is 16.6 Å². The molecule has 0 spiro atoms. The van der Waals surface area contributed by atoms with E-state index in [-0.39, 0.29) is 11.3 Å². The van der Waals surface area contributed by atoms with Crippen molar-refractivity contribution < 1.29 is 19.1 Å². The Morgan fingerprint density at radius 2 is 1.85 bits per heavy atom. The van der Waals surface area contributed by atoms with E-state index in [0.717, 1.165) is 4.68 Å². The summed E-state index contributed by atoms with van der Waals surface area (Å²) in [7, 11) is 2.97. The topological polar surface area (TPSA) is 99.5 Å². The van der Waals surface area contributed by atoms with Crippen molar-refractivity contribution in [3.05, 3.63) is 64.6 Å². The fourth-order valence-corrected chi connectivity index (χ4v) is 2.55. The summed E-state index contributed by atoms with van der Waals surface area (Å²) >= 11 is 0. The molecule has 8 heteroatoms. The fourth-order valence-electron chi connectivity index (χ4n) is 2.55. The Morgan fingerprint density at radius 3 is 2.59 bits per heavy atom. The summed E-state index contributed by atoms with van der Waals surface area (Å²) in [5.74, 6) is -0.709. The van der Waals surface area contributed by atoms with Crippen LogP contribution in [0.2, 0.25) is 0 Å². The zero-order valence-electron chi connectivity index (χ0n) is 14.8. The molecule has 0 saturated heterocycles. The number of nitrogens with one attached hydrogen (secondary N) is 1. The van der Waals surface area contributed by atoms with Gasteiger partial charge in [0.15, 0.2) is 12.3 Å². The van der Waals surface area contributed by atoms with Crippen LogP contribution < -0.4 is 15.6 Å². The first-order valence-electron chi connectivity index (χ1n) is 8.06. The van der Waals surface area contributed by atoms with Crippen LogP contribution in [0.15, 0.2) is 53.3 Å². The van der Waals surface area contributed by atoms with E-state index < -0.39 is 18.5 Å². The molecule has 8 nitrogen and oxygen atoms in total. The number of aromatic nitrogens is 2. The molecule has 2 aromatic carbocycles. The van der Waals surface area contributed by atoms with Crippen molar-refractivity contribution in [1.29, 1.82) is 0 Å². The molecule has 0 aliphatic rings. The third-order valence-electron chi connectivity index (χ3n) is 3.84. The Morgan fingerprint density at radius 1 is 1.11 bits per heavy atom. The number of hydrogen-bond donors (Lipinski definition) is 1. The molecule has 1 aromatic heterocycles. The second-order valence-electron chi connectivity index (χ2n) is 5.68. The molecule has 3 aromatic rings. The van der Waals surface area contributed by atoms with Gasteiger partial charge in [0.05, 0.1) is 12.5 Å². The van der Waals surface area contributed by atoms with E-state index in [0.29, 0.717) is 22.2 Å². The largest absolute Gasteiger partial charge is 0.497 e. The number of ether oxygens (including phenoxy) is 2. The Hall–Kier alpha value is -3.68. The van der Waals surface area contributed by atoms with Crippen molar-refractivity contribution in [2.45, 2.75) is 0 Å². The molecular weight excluding hydrogens is 350 g/mol. The minimum absolute atomic E-state index is 0.0260. The maximum absolute atomic E-state index is 12.4. The second kappa shape index (κ2) is 7.69. The Bertz CT molecular complexity index is 1070. The highest BCUT2D eigenvalue weighted by Gasteiger charge is 2.18. The summed E-state index contributed by atoms with van der Waals surface area (Å²) in [5, 5.41) is 7.30. The summed E-state index contributed by atoms with van der Waals surface area (Å²) in [5.41, 5.74) is 0.167. The van der Waals surface area contributed by atoms with Crippen LogP contribution in [-0.4, -0.2) is 35.4 Å². The van der Waals surface area contributed by atoms with Crippen LogP contribution in [0.4, 0.5) is 5.69 Å². The second-order valence-corrected chi connectivity index (χ2v) is 5.68. The molecule has 0 unspecified atom stereocenters. The first-order valence-corrected chi connectivity index (χ1v) is 8.06. The molecule has 1 amide bonds. The number of carbonyl (C=O) groups is 2. The first kappa shape index (κ1) is 18.1. The van der Waals surface area contributed by atoms with Gasteiger partial charge in [-0.2, -0.15) is 5.10 Å². The smallest absolute Gasteiger partial charge is 0.359 e. The molecule has 27 heavy (non-hydrogen) atoms. The fraction of sp³-hybridized carbons (Fsp3) is 0.158. The predicted molar refractivity (Wildman–Crippen MR) is 98.9 cm³/mol. The van der Waals surface area contributed by atoms with Crippen LogP contribution >= 0.6 is 0 Å². The van der Waals surface area contributed by atoms with Crippen molar-refractivity contribution in [2.75, 3.05) is 19.0 Å². The van der Waals surface area contributed by atoms with E-state index in [4.69, 9.17) is 9.47 Å². The van der Waals surface area contributed by atoms with E-state index in [1.807, 2.05) is 0 Å². The Balaban J connectivity index is 1.73. The number of hydrogen-bond acceptors (Lipinski definition) is 6. The van der Waals surface area contributed by atoms with Gasteiger partial charge < -0.3 is 14.8 Å². The predicted octanol–water partition coefficient (Wildman–Crippen LogP) is 1.74. The molecule has 0 fully saturated rings. The molecule has 3 rings (SSSR count). The number of aryl methyl sites for hydroxylation is 1. The maximum atomic E-state index is 12.4. The quantitative estimate of drug-likeness (QED) is 0.690. The molecule has 0 atom stereocenters. The Kier molecular flexibility index (Phi) is 5.16. The molecule has 1 N–H and O–H groups in total. The van der Waals surface area contributed by atoms with Gasteiger partial charge in [-0.3, -0.25) is 9.59 Å². The number of fused-ring (bicyclic) bond motifs is 1. The van der Waals surface area contributed by atoms with E-state index in [2.05, 4.69) is 10.4 Å². The lowest BCUT2D eigenvalue weighted by molar-refractivity contribution is -0.119. The van der Waals surface area contributed by atoms with Gasteiger partial charge in [0.1, 0.15) is 5.75 Å². The highest BCUT2D eigenvalue weighted by molar-refractivity contribution is 6.03. The maximum Gasteiger partial charge on any atom is 0.359 e. The van der Waals surface area contributed by atoms with Crippen LogP contribution in [0.3, 0.4) is 0 Å². The van der Waals surface area contributed by atoms with Gasteiger partial charge >= 0.3 is 5.97 Å². The number of amides is 1. The van der Waals surface area contributed by atoms with Gasteiger partial charge in [-0.25, -0.2) is 9.48 Å². The average molecular weight is 367 g/mol. The number of anilines is 1. The first-order chi connectivity index (χ1) is 13.0. The minimum Gasteiger partial charge on any atom is -0.497 e. The van der Waals surface area contributed by atoms with Gasteiger partial charge in [-0.1, -0.05) is 24.3 Å². The molecule has 1 heterocycles. The molecule has 0 saturated carbocycles. The number of carbonyl (C=O) groups excluding carboxylic acids is 2. The van der Waals surface area contributed by atoms with E-state index in [1.54, 1.807) is 48.5 Å². The standard InChI is InChI=1S/C19H17N3O5/c1-22-18(24)15-9-4-3-8-14(15)17(21-22)19(25)27-11-16(23)20-12-6-5-7-13(10-12)26-2/h3-10H,11H2,1-2H3,(H,20,23). The van der Waals surface area contributed by atoms with Gasteiger partial charge in [-0.15, -0.1) is 0 Å². The number of benzene rings is 2. The van der Waals surface area contributed by atoms with Crippen molar-refractivity contribution in [2.24, 2.45) is 7.05 Å². The van der Waals surface area contributed by atoms with Crippen molar-refractivity contribution in [3.8, 4) is 5.75 Å². The summed E-state index contributed by atoms with van der Waals surface area (Å²) in [4.78, 5) is 36.5. The Labute approximate surface area is 154 Å². The minimum atomic E-state index is -0.789. The number of esters is 1. The molecule has 138 valence electrons. The number of methoxy groups -OCH3 is 1. The van der Waals surface area contributed by atoms with E-state index in [1.165, 1.54) is 14.2 Å². The molecule has 0 bridgehead atoms. The lowest BCUT2D eigenvalue weighted by atomic mass is 10.1. The molecule has 0 aliphatic heterocycles.